The quantitative estimate of drug-likeness (QED) is 0.589. The molecule has 27 heavy (non-hydrogen) atoms. The fourth-order valence-electron chi connectivity index (χ4n) is 3.71. The average Bonchev–Trinajstić information content (AvgIpc) is 2.90. The van der Waals surface area contributed by atoms with Crippen molar-refractivity contribution in [1.29, 1.82) is 0 Å². The summed E-state index contributed by atoms with van der Waals surface area (Å²) in [4.78, 5) is 14.6. The number of benzene rings is 2. The van der Waals surface area contributed by atoms with Crippen LogP contribution in [-0.4, -0.2) is 17.4 Å². The van der Waals surface area contributed by atoms with E-state index in [4.69, 9.17) is 17.3 Å². The Morgan fingerprint density at radius 1 is 1.26 bits per heavy atom. The van der Waals surface area contributed by atoms with E-state index in [1.165, 1.54) is 0 Å². The van der Waals surface area contributed by atoms with Crippen molar-refractivity contribution in [2.45, 2.75) is 19.9 Å². The van der Waals surface area contributed by atoms with Crippen LogP contribution in [0.1, 0.15) is 27.2 Å². The molecule has 0 saturated carbocycles. The van der Waals surface area contributed by atoms with Gasteiger partial charge in [0.15, 0.2) is 11.6 Å². The zero-order chi connectivity index (χ0) is 18.6. The lowest BCUT2D eigenvalue weighted by Gasteiger charge is -2.21. The summed E-state index contributed by atoms with van der Waals surface area (Å²) in [5.41, 5.74) is 8.06. The Balaban J connectivity index is 0.00000210. The topological polar surface area (TPSA) is 70.9 Å². The first kappa shape index (κ1) is 19.6. The molecule has 8 heteroatoms. The zero-order valence-corrected chi connectivity index (χ0v) is 16.0. The van der Waals surface area contributed by atoms with Crippen LogP contribution in [-0.2, 0) is 13.0 Å². The number of aryl methyl sites for hydroxylation is 1. The summed E-state index contributed by atoms with van der Waals surface area (Å²) < 4.78 is 29.9. The van der Waals surface area contributed by atoms with Gasteiger partial charge in [-0.2, -0.15) is 0 Å². The van der Waals surface area contributed by atoms with Gasteiger partial charge in [-0.05, 0) is 36.6 Å². The lowest BCUT2D eigenvalue weighted by atomic mass is 9.88. The number of carbonyl (C=O) groups is 1. The fraction of sp³-hybridized carbons (Fsp3) is 0.211. The second-order valence-electron chi connectivity index (χ2n) is 6.43. The Bertz CT molecular complexity index is 1080. The number of hydrogen-bond donors (Lipinski definition) is 3. The largest absolute Gasteiger partial charge is 0.365 e. The van der Waals surface area contributed by atoms with E-state index in [-0.39, 0.29) is 33.9 Å². The lowest BCUT2D eigenvalue weighted by Crippen LogP contribution is -2.24. The molecule has 0 spiro atoms. The summed E-state index contributed by atoms with van der Waals surface area (Å²) in [6.07, 6.45) is 0.687. The molecule has 2 aromatic carbocycles. The second-order valence-corrected chi connectivity index (χ2v) is 6.80. The average molecular weight is 412 g/mol. The van der Waals surface area contributed by atoms with Crippen molar-refractivity contribution in [3.63, 3.8) is 0 Å². The first-order valence-corrected chi connectivity index (χ1v) is 8.60. The van der Waals surface area contributed by atoms with Gasteiger partial charge in [-0.25, -0.2) is 8.78 Å². The van der Waals surface area contributed by atoms with Crippen molar-refractivity contribution in [3.05, 3.63) is 57.2 Å². The number of nitrogens with one attached hydrogen (secondary N) is 2. The molecule has 142 valence electrons. The predicted octanol–water partition coefficient (Wildman–Crippen LogP) is 4.24. The SMILES string of the molecule is Cc1[nH]c2c(C(N)=O)c(F)c(F)c(-c3cccc4c3CCNC4)c2c1Cl.Cl. The van der Waals surface area contributed by atoms with Crippen LogP contribution < -0.4 is 11.1 Å². The summed E-state index contributed by atoms with van der Waals surface area (Å²) in [5, 5.41) is 3.80. The van der Waals surface area contributed by atoms with Gasteiger partial charge >= 0.3 is 0 Å². The lowest BCUT2D eigenvalue weighted by molar-refractivity contribution is 0.0997. The number of aromatic nitrogens is 1. The van der Waals surface area contributed by atoms with Gasteiger partial charge < -0.3 is 16.0 Å². The summed E-state index contributed by atoms with van der Waals surface area (Å²) in [6.45, 7) is 3.09. The minimum atomic E-state index is -1.26. The van der Waals surface area contributed by atoms with Crippen LogP contribution in [0.5, 0.6) is 0 Å². The highest BCUT2D eigenvalue weighted by Gasteiger charge is 2.29. The van der Waals surface area contributed by atoms with Crippen molar-refractivity contribution in [1.82, 2.24) is 10.3 Å². The molecule has 2 heterocycles. The molecule has 0 atom stereocenters. The summed E-state index contributed by atoms with van der Waals surface area (Å²) >= 11 is 6.40. The molecule has 1 aliphatic rings. The number of halogens is 4. The molecule has 0 fully saturated rings. The monoisotopic (exact) mass is 411 g/mol. The molecular formula is C19H17Cl2F2N3O. The van der Waals surface area contributed by atoms with Gasteiger partial charge in [0, 0.05) is 23.2 Å². The van der Waals surface area contributed by atoms with E-state index in [1.807, 2.05) is 6.07 Å². The van der Waals surface area contributed by atoms with Gasteiger partial charge in [0.1, 0.15) is 5.56 Å². The van der Waals surface area contributed by atoms with Crippen molar-refractivity contribution >= 4 is 40.8 Å². The smallest absolute Gasteiger partial charge is 0.253 e. The van der Waals surface area contributed by atoms with Crippen molar-refractivity contribution in [2.75, 3.05) is 6.54 Å². The third-order valence-corrected chi connectivity index (χ3v) is 5.37. The molecule has 0 aliphatic carbocycles. The molecule has 0 saturated heterocycles. The van der Waals surface area contributed by atoms with E-state index in [1.54, 1.807) is 19.1 Å². The molecule has 4 rings (SSSR count). The first-order valence-electron chi connectivity index (χ1n) is 8.22. The maximum Gasteiger partial charge on any atom is 0.253 e. The van der Waals surface area contributed by atoms with E-state index in [9.17, 15) is 9.18 Å². The molecule has 4 nitrogen and oxygen atoms in total. The molecule has 1 aromatic heterocycles. The molecule has 0 bridgehead atoms. The molecule has 0 unspecified atom stereocenters. The molecule has 1 amide bonds. The highest BCUT2D eigenvalue weighted by atomic mass is 35.5. The van der Waals surface area contributed by atoms with E-state index in [0.29, 0.717) is 24.2 Å². The van der Waals surface area contributed by atoms with Gasteiger partial charge in [0.25, 0.3) is 5.91 Å². The molecule has 0 radical (unpaired) electrons. The van der Waals surface area contributed by atoms with Crippen molar-refractivity contribution < 1.29 is 13.6 Å². The van der Waals surface area contributed by atoms with Gasteiger partial charge in [0.2, 0.25) is 0 Å². The van der Waals surface area contributed by atoms with Crippen LogP contribution in [0.3, 0.4) is 0 Å². The Kier molecular flexibility index (Phi) is 5.16. The Morgan fingerprint density at radius 2 is 2.00 bits per heavy atom. The van der Waals surface area contributed by atoms with Gasteiger partial charge in [-0.15, -0.1) is 12.4 Å². The number of H-pyrrole nitrogens is 1. The summed E-state index contributed by atoms with van der Waals surface area (Å²) in [6, 6.07) is 5.52. The minimum absolute atomic E-state index is 0. The number of fused-ring (bicyclic) bond motifs is 2. The van der Waals surface area contributed by atoms with Gasteiger partial charge in [-0.1, -0.05) is 29.8 Å². The summed E-state index contributed by atoms with van der Waals surface area (Å²) in [7, 11) is 0. The van der Waals surface area contributed by atoms with Gasteiger partial charge in [-0.3, -0.25) is 4.79 Å². The number of primary amides is 1. The van der Waals surface area contributed by atoms with Crippen LogP contribution in [0.4, 0.5) is 8.78 Å². The van der Waals surface area contributed by atoms with Crippen LogP contribution in [0.15, 0.2) is 18.2 Å². The first-order chi connectivity index (χ1) is 12.4. The van der Waals surface area contributed by atoms with Crippen molar-refractivity contribution in [2.24, 2.45) is 5.73 Å². The molecule has 3 aromatic rings. The van der Waals surface area contributed by atoms with Crippen LogP contribution in [0.25, 0.3) is 22.0 Å². The fourth-order valence-corrected chi connectivity index (χ4v) is 3.95. The summed E-state index contributed by atoms with van der Waals surface area (Å²) in [5.74, 6) is -3.42. The maximum atomic E-state index is 15.1. The standard InChI is InChI=1S/C19H16ClF2N3O.ClH/c1-8-15(20)13-12(11-4-2-3-9-7-24-6-5-10(9)11)16(21)17(22)14(19(23)26)18(13)25-8;/h2-4,24-25H,5-7H2,1H3,(H2,23,26);1H. The highest BCUT2D eigenvalue weighted by Crippen LogP contribution is 2.42. The molecule has 4 N–H and O–H groups in total. The number of carbonyl (C=O) groups excluding carboxylic acids is 1. The predicted molar refractivity (Wildman–Crippen MR) is 105 cm³/mol. The zero-order valence-electron chi connectivity index (χ0n) is 14.4. The Morgan fingerprint density at radius 3 is 2.70 bits per heavy atom. The van der Waals surface area contributed by atoms with Crippen LogP contribution >= 0.6 is 24.0 Å². The van der Waals surface area contributed by atoms with Crippen LogP contribution in [0, 0.1) is 18.6 Å². The van der Waals surface area contributed by atoms with Crippen molar-refractivity contribution in [3.8, 4) is 11.1 Å². The Labute approximate surface area is 165 Å². The number of rotatable bonds is 2. The van der Waals surface area contributed by atoms with Gasteiger partial charge in [0.05, 0.1) is 10.5 Å². The molecular weight excluding hydrogens is 395 g/mol. The minimum Gasteiger partial charge on any atom is -0.365 e. The van der Waals surface area contributed by atoms with E-state index in [2.05, 4.69) is 10.3 Å². The number of aromatic amines is 1. The normalized spacial score (nSPS) is 13.3. The maximum absolute atomic E-state index is 15.1. The third kappa shape index (κ3) is 2.88. The second kappa shape index (κ2) is 7.11. The number of amides is 1. The van der Waals surface area contributed by atoms with Crippen LogP contribution in [0.2, 0.25) is 5.02 Å². The number of hydrogen-bond acceptors (Lipinski definition) is 2. The van der Waals surface area contributed by atoms with E-state index in [0.717, 1.165) is 17.7 Å². The highest BCUT2D eigenvalue weighted by molar-refractivity contribution is 6.38. The number of nitrogens with two attached hydrogens (primary N) is 1. The Hall–Kier alpha value is -2.15. The van der Waals surface area contributed by atoms with E-state index >= 15 is 4.39 Å². The third-order valence-electron chi connectivity index (χ3n) is 4.90. The molecule has 1 aliphatic heterocycles. The van der Waals surface area contributed by atoms with E-state index < -0.39 is 23.1 Å².